The zero-order chi connectivity index (χ0) is 14.5. The molecular formula is C16H16N4O. The number of pyridine rings is 1. The normalized spacial score (nSPS) is 10.5. The van der Waals surface area contributed by atoms with Gasteiger partial charge in [-0.25, -0.2) is 9.78 Å². The molecule has 0 fully saturated rings. The molecule has 2 heterocycles. The Kier molecular flexibility index (Phi) is 3.82. The molecule has 3 aromatic rings. The van der Waals surface area contributed by atoms with E-state index in [1.165, 1.54) is 0 Å². The number of nitrogens with one attached hydrogen (secondary N) is 2. The van der Waals surface area contributed by atoms with E-state index in [0.717, 1.165) is 16.9 Å². The van der Waals surface area contributed by atoms with Crippen LogP contribution in [0, 0.1) is 0 Å². The third-order valence-corrected chi connectivity index (χ3v) is 3.22. The molecule has 0 saturated carbocycles. The molecule has 0 radical (unpaired) electrons. The van der Waals surface area contributed by atoms with E-state index in [2.05, 4.69) is 15.6 Å². The second kappa shape index (κ2) is 6.09. The number of fused-ring (bicyclic) bond motifs is 1. The van der Waals surface area contributed by atoms with Crippen molar-refractivity contribution in [2.24, 2.45) is 0 Å². The molecular weight excluding hydrogens is 264 g/mol. The topological polar surface area (TPSA) is 58.4 Å². The standard InChI is InChI=1S/C16H16N4O/c21-16(18-10-13-6-2-1-3-7-13)19-12-15-17-11-14-8-4-5-9-20(14)15/h1-9,11H,10,12H2,(H2,18,19,21). The smallest absolute Gasteiger partial charge is 0.315 e. The van der Waals surface area contributed by atoms with Gasteiger partial charge in [0.15, 0.2) is 0 Å². The second-order valence-electron chi connectivity index (χ2n) is 4.69. The molecule has 2 N–H and O–H groups in total. The summed E-state index contributed by atoms with van der Waals surface area (Å²) in [5.74, 6) is 0.806. The Hall–Kier alpha value is -2.82. The van der Waals surface area contributed by atoms with Gasteiger partial charge in [-0.2, -0.15) is 0 Å². The largest absolute Gasteiger partial charge is 0.334 e. The predicted molar refractivity (Wildman–Crippen MR) is 80.7 cm³/mol. The van der Waals surface area contributed by atoms with Crippen LogP contribution in [-0.2, 0) is 13.1 Å². The fourth-order valence-corrected chi connectivity index (χ4v) is 2.13. The van der Waals surface area contributed by atoms with Gasteiger partial charge in [0.25, 0.3) is 0 Å². The van der Waals surface area contributed by atoms with E-state index in [4.69, 9.17) is 0 Å². The fraction of sp³-hybridized carbons (Fsp3) is 0.125. The van der Waals surface area contributed by atoms with Gasteiger partial charge in [-0.3, -0.25) is 0 Å². The highest BCUT2D eigenvalue weighted by Crippen LogP contribution is 2.05. The molecule has 0 saturated heterocycles. The summed E-state index contributed by atoms with van der Waals surface area (Å²) < 4.78 is 1.96. The number of hydrogen-bond acceptors (Lipinski definition) is 2. The first kappa shape index (κ1) is 13.2. The maximum absolute atomic E-state index is 11.8. The molecule has 2 aromatic heterocycles. The first-order valence-electron chi connectivity index (χ1n) is 6.79. The lowest BCUT2D eigenvalue weighted by Gasteiger charge is -2.07. The number of imidazole rings is 1. The van der Waals surface area contributed by atoms with Crippen LogP contribution in [-0.4, -0.2) is 15.4 Å². The van der Waals surface area contributed by atoms with Gasteiger partial charge < -0.3 is 15.0 Å². The van der Waals surface area contributed by atoms with Gasteiger partial charge in [-0.1, -0.05) is 36.4 Å². The van der Waals surface area contributed by atoms with Crippen molar-refractivity contribution < 1.29 is 4.79 Å². The summed E-state index contributed by atoms with van der Waals surface area (Å²) in [6.45, 7) is 0.897. The molecule has 0 aliphatic heterocycles. The average molecular weight is 280 g/mol. The Balaban J connectivity index is 1.54. The second-order valence-corrected chi connectivity index (χ2v) is 4.69. The van der Waals surface area contributed by atoms with E-state index >= 15 is 0 Å². The van der Waals surface area contributed by atoms with Crippen molar-refractivity contribution in [1.29, 1.82) is 0 Å². The summed E-state index contributed by atoms with van der Waals surface area (Å²) in [4.78, 5) is 16.1. The van der Waals surface area contributed by atoms with Crippen molar-refractivity contribution in [2.75, 3.05) is 0 Å². The predicted octanol–water partition coefficient (Wildman–Crippen LogP) is 2.33. The molecule has 5 nitrogen and oxygen atoms in total. The van der Waals surface area contributed by atoms with Gasteiger partial charge in [0.1, 0.15) is 5.82 Å². The van der Waals surface area contributed by atoms with Gasteiger partial charge >= 0.3 is 6.03 Å². The van der Waals surface area contributed by atoms with Crippen molar-refractivity contribution in [1.82, 2.24) is 20.0 Å². The Labute approximate surface area is 122 Å². The molecule has 0 unspecified atom stereocenters. The summed E-state index contributed by atoms with van der Waals surface area (Å²) in [7, 11) is 0. The molecule has 106 valence electrons. The Morgan fingerprint density at radius 1 is 1.00 bits per heavy atom. The molecule has 0 aliphatic carbocycles. The molecule has 0 atom stereocenters. The number of urea groups is 1. The number of rotatable bonds is 4. The average Bonchev–Trinajstić information content (AvgIpc) is 2.95. The summed E-state index contributed by atoms with van der Waals surface area (Å²) in [5.41, 5.74) is 2.08. The number of aromatic nitrogens is 2. The highest BCUT2D eigenvalue weighted by Gasteiger charge is 2.05. The maximum atomic E-state index is 11.8. The number of carbonyl (C=O) groups is 1. The molecule has 0 spiro atoms. The Morgan fingerprint density at radius 3 is 2.62 bits per heavy atom. The van der Waals surface area contributed by atoms with Gasteiger partial charge in [-0.05, 0) is 17.7 Å². The van der Waals surface area contributed by atoms with Crippen molar-refractivity contribution in [3.05, 3.63) is 72.3 Å². The van der Waals surface area contributed by atoms with Crippen molar-refractivity contribution in [3.8, 4) is 0 Å². The van der Waals surface area contributed by atoms with Crippen LogP contribution in [0.3, 0.4) is 0 Å². The Bertz CT molecular complexity index is 736. The highest BCUT2D eigenvalue weighted by atomic mass is 16.2. The fourth-order valence-electron chi connectivity index (χ4n) is 2.13. The molecule has 1 aromatic carbocycles. The lowest BCUT2D eigenvalue weighted by atomic mass is 10.2. The van der Waals surface area contributed by atoms with Crippen LogP contribution < -0.4 is 10.6 Å². The number of hydrogen-bond donors (Lipinski definition) is 2. The van der Waals surface area contributed by atoms with E-state index < -0.39 is 0 Å². The quantitative estimate of drug-likeness (QED) is 0.770. The molecule has 0 bridgehead atoms. The van der Waals surface area contributed by atoms with Crippen LogP contribution in [0.5, 0.6) is 0 Å². The monoisotopic (exact) mass is 280 g/mol. The third-order valence-electron chi connectivity index (χ3n) is 3.22. The van der Waals surface area contributed by atoms with Gasteiger partial charge in [0, 0.05) is 12.7 Å². The maximum Gasteiger partial charge on any atom is 0.315 e. The minimum absolute atomic E-state index is 0.202. The van der Waals surface area contributed by atoms with Crippen molar-refractivity contribution in [2.45, 2.75) is 13.1 Å². The molecule has 0 aliphatic rings. The van der Waals surface area contributed by atoms with Gasteiger partial charge in [0.2, 0.25) is 0 Å². The number of amides is 2. The van der Waals surface area contributed by atoms with Crippen molar-refractivity contribution in [3.63, 3.8) is 0 Å². The van der Waals surface area contributed by atoms with Crippen LogP contribution in [0.25, 0.3) is 5.52 Å². The third kappa shape index (κ3) is 3.20. The highest BCUT2D eigenvalue weighted by molar-refractivity contribution is 5.73. The summed E-state index contributed by atoms with van der Waals surface area (Å²) in [5, 5.41) is 5.64. The van der Waals surface area contributed by atoms with Crippen LogP contribution in [0.15, 0.2) is 60.9 Å². The van der Waals surface area contributed by atoms with E-state index in [9.17, 15) is 4.79 Å². The van der Waals surface area contributed by atoms with Crippen molar-refractivity contribution >= 4 is 11.5 Å². The molecule has 3 rings (SSSR count). The van der Waals surface area contributed by atoms with Crippen LogP contribution in [0.1, 0.15) is 11.4 Å². The van der Waals surface area contributed by atoms with Crippen LogP contribution in [0.4, 0.5) is 4.79 Å². The SMILES string of the molecule is O=C(NCc1ccccc1)NCc1ncc2ccccn12. The van der Waals surface area contributed by atoms with Crippen LogP contribution >= 0.6 is 0 Å². The van der Waals surface area contributed by atoms with E-state index in [1.807, 2.05) is 59.1 Å². The van der Waals surface area contributed by atoms with Crippen LogP contribution in [0.2, 0.25) is 0 Å². The molecule has 5 heteroatoms. The zero-order valence-corrected chi connectivity index (χ0v) is 11.5. The lowest BCUT2D eigenvalue weighted by molar-refractivity contribution is 0.240. The summed E-state index contributed by atoms with van der Waals surface area (Å²) in [6.07, 6.45) is 3.72. The van der Waals surface area contributed by atoms with Gasteiger partial charge in [0.05, 0.1) is 18.3 Å². The number of nitrogens with zero attached hydrogens (tertiary/aromatic N) is 2. The minimum Gasteiger partial charge on any atom is -0.334 e. The molecule has 21 heavy (non-hydrogen) atoms. The zero-order valence-electron chi connectivity index (χ0n) is 11.5. The summed E-state index contributed by atoms with van der Waals surface area (Å²) >= 11 is 0. The molecule has 2 amide bonds. The number of carbonyl (C=O) groups excluding carboxylic acids is 1. The minimum atomic E-state index is -0.202. The van der Waals surface area contributed by atoms with Gasteiger partial charge in [-0.15, -0.1) is 0 Å². The first-order valence-corrected chi connectivity index (χ1v) is 6.79. The summed E-state index contributed by atoms with van der Waals surface area (Å²) in [6, 6.07) is 15.5. The van der Waals surface area contributed by atoms with E-state index in [-0.39, 0.29) is 6.03 Å². The number of benzene rings is 1. The van der Waals surface area contributed by atoms with E-state index in [1.54, 1.807) is 6.20 Å². The lowest BCUT2D eigenvalue weighted by Crippen LogP contribution is -2.35. The van der Waals surface area contributed by atoms with E-state index in [0.29, 0.717) is 13.1 Å². The Morgan fingerprint density at radius 2 is 1.76 bits per heavy atom. The first-order chi connectivity index (χ1) is 10.3.